The third-order valence-electron chi connectivity index (χ3n) is 3.57. The van der Waals surface area contributed by atoms with Gasteiger partial charge in [-0.2, -0.15) is 0 Å². The molecule has 0 N–H and O–H groups in total. The van der Waals surface area contributed by atoms with Crippen molar-refractivity contribution in [1.29, 1.82) is 0 Å². The third-order valence-corrected chi connectivity index (χ3v) is 4.53. The van der Waals surface area contributed by atoms with Gasteiger partial charge in [0.15, 0.2) is 4.96 Å². The molecule has 2 aromatic carbocycles. The van der Waals surface area contributed by atoms with Crippen LogP contribution >= 0.6 is 11.3 Å². The number of para-hydroxylation sites is 3. The van der Waals surface area contributed by atoms with Gasteiger partial charge in [0.1, 0.15) is 0 Å². The van der Waals surface area contributed by atoms with Crippen LogP contribution in [0.4, 0.5) is 5.69 Å². The number of hydrogen-bond donors (Lipinski definition) is 0. The first kappa shape index (κ1) is 13.6. The third kappa shape index (κ3) is 2.09. The van der Waals surface area contributed by atoms with Gasteiger partial charge in [0, 0.05) is 6.07 Å². The van der Waals surface area contributed by atoms with Gasteiger partial charge < -0.3 is 0 Å². The monoisotopic (exact) mass is 323 g/mol. The SMILES string of the molecule is O=c1/c(=C\c2ccccc2[N+](=O)[O-])sc2nc3ccccc3n12. The minimum atomic E-state index is -0.454. The van der Waals surface area contributed by atoms with E-state index in [0.29, 0.717) is 15.1 Å². The molecule has 4 rings (SSSR count). The summed E-state index contributed by atoms with van der Waals surface area (Å²) in [5.41, 5.74) is 1.67. The van der Waals surface area contributed by atoms with E-state index in [-0.39, 0.29) is 11.2 Å². The summed E-state index contributed by atoms with van der Waals surface area (Å²) in [6.07, 6.45) is 1.55. The summed E-state index contributed by atoms with van der Waals surface area (Å²) in [6.45, 7) is 0. The van der Waals surface area contributed by atoms with E-state index in [1.165, 1.54) is 17.4 Å². The maximum atomic E-state index is 12.6. The molecule has 0 unspecified atom stereocenters. The lowest BCUT2D eigenvalue weighted by molar-refractivity contribution is -0.385. The fraction of sp³-hybridized carbons (Fsp3) is 0. The molecule has 4 aromatic rings. The average Bonchev–Trinajstić information content (AvgIpc) is 3.05. The number of benzene rings is 2. The second kappa shape index (κ2) is 4.99. The first-order chi connectivity index (χ1) is 11.1. The van der Waals surface area contributed by atoms with Crippen LogP contribution in [0, 0.1) is 10.1 Å². The summed E-state index contributed by atoms with van der Waals surface area (Å²) in [5, 5.41) is 11.1. The zero-order chi connectivity index (χ0) is 16.0. The molecule has 0 amide bonds. The Bertz CT molecular complexity index is 1180. The van der Waals surface area contributed by atoms with Gasteiger partial charge in [0.25, 0.3) is 11.2 Å². The molecule has 0 atom stereocenters. The molecule has 2 heterocycles. The number of thiazole rings is 1. The van der Waals surface area contributed by atoms with Gasteiger partial charge in [-0.15, -0.1) is 0 Å². The maximum Gasteiger partial charge on any atom is 0.276 e. The molecule has 6 nitrogen and oxygen atoms in total. The van der Waals surface area contributed by atoms with E-state index in [0.717, 1.165) is 11.0 Å². The minimum absolute atomic E-state index is 0.0252. The smallest absolute Gasteiger partial charge is 0.267 e. The van der Waals surface area contributed by atoms with E-state index < -0.39 is 4.92 Å². The summed E-state index contributed by atoms with van der Waals surface area (Å²) in [6, 6.07) is 13.7. The molecule has 0 aliphatic rings. The number of aromatic nitrogens is 2. The van der Waals surface area contributed by atoms with Crippen LogP contribution in [0.25, 0.3) is 22.1 Å². The topological polar surface area (TPSA) is 77.5 Å². The van der Waals surface area contributed by atoms with Crippen molar-refractivity contribution in [1.82, 2.24) is 9.38 Å². The van der Waals surface area contributed by atoms with E-state index in [1.54, 1.807) is 28.7 Å². The number of rotatable bonds is 2. The highest BCUT2D eigenvalue weighted by atomic mass is 32.1. The fourth-order valence-corrected chi connectivity index (χ4v) is 3.51. The first-order valence-corrected chi connectivity index (χ1v) is 7.62. The van der Waals surface area contributed by atoms with Crippen LogP contribution < -0.4 is 10.1 Å². The molecule has 0 fully saturated rings. The molecule has 7 heteroatoms. The molecular formula is C16H9N3O3S. The highest BCUT2D eigenvalue weighted by Gasteiger charge is 2.13. The predicted molar refractivity (Wildman–Crippen MR) is 88.7 cm³/mol. The summed E-state index contributed by atoms with van der Waals surface area (Å²) in [7, 11) is 0. The van der Waals surface area contributed by atoms with E-state index in [1.807, 2.05) is 24.3 Å². The van der Waals surface area contributed by atoms with Crippen LogP contribution in [0.2, 0.25) is 0 Å². The van der Waals surface area contributed by atoms with Crippen molar-refractivity contribution >= 4 is 39.1 Å². The van der Waals surface area contributed by atoms with Gasteiger partial charge in [-0.3, -0.25) is 14.9 Å². The Morgan fingerprint density at radius 1 is 1.13 bits per heavy atom. The van der Waals surface area contributed by atoms with Crippen molar-refractivity contribution in [3.05, 3.63) is 79.1 Å². The van der Waals surface area contributed by atoms with Gasteiger partial charge in [0.2, 0.25) is 0 Å². The molecule has 0 spiro atoms. The van der Waals surface area contributed by atoms with Crippen LogP contribution in [-0.4, -0.2) is 14.3 Å². The quantitative estimate of drug-likeness (QED) is 0.419. The molecule has 0 aliphatic carbocycles. The first-order valence-electron chi connectivity index (χ1n) is 6.80. The number of nitrogens with zero attached hydrogens (tertiary/aromatic N) is 3. The molecule has 0 saturated carbocycles. The number of hydrogen-bond acceptors (Lipinski definition) is 5. The van der Waals surface area contributed by atoms with Gasteiger partial charge in [-0.05, 0) is 24.3 Å². The molecule has 0 radical (unpaired) electrons. The lowest BCUT2D eigenvalue weighted by Gasteiger charge is -1.94. The lowest BCUT2D eigenvalue weighted by Crippen LogP contribution is -2.22. The van der Waals surface area contributed by atoms with E-state index in [9.17, 15) is 14.9 Å². The van der Waals surface area contributed by atoms with Crippen molar-refractivity contribution in [2.24, 2.45) is 0 Å². The molecular weight excluding hydrogens is 314 g/mol. The number of imidazole rings is 1. The highest BCUT2D eigenvalue weighted by Crippen LogP contribution is 2.19. The molecule has 2 aromatic heterocycles. The summed E-state index contributed by atoms with van der Waals surface area (Å²) in [4.78, 5) is 28.3. The van der Waals surface area contributed by atoms with E-state index >= 15 is 0 Å². The Labute approximate surface area is 133 Å². The number of nitro groups is 1. The largest absolute Gasteiger partial charge is 0.276 e. The van der Waals surface area contributed by atoms with Crippen LogP contribution in [0.3, 0.4) is 0 Å². The van der Waals surface area contributed by atoms with Gasteiger partial charge in [0.05, 0.1) is 26.1 Å². The molecule has 112 valence electrons. The van der Waals surface area contributed by atoms with Crippen LogP contribution in [0.5, 0.6) is 0 Å². The van der Waals surface area contributed by atoms with Crippen LogP contribution in [0.15, 0.2) is 53.3 Å². The van der Waals surface area contributed by atoms with Crippen molar-refractivity contribution < 1.29 is 4.92 Å². The van der Waals surface area contributed by atoms with E-state index in [2.05, 4.69) is 4.98 Å². The molecule has 23 heavy (non-hydrogen) atoms. The fourth-order valence-electron chi connectivity index (χ4n) is 2.53. The predicted octanol–water partition coefficient (Wildman–Crippen LogP) is 2.37. The van der Waals surface area contributed by atoms with Gasteiger partial charge in [-0.25, -0.2) is 9.38 Å². The Hall–Kier alpha value is -3.06. The van der Waals surface area contributed by atoms with Crippen LogP contribution in [0.1, 0.15) is 5.56 Å². The minimum Gasteiger partial charge on any atom is -0.267 e. The van der Waals surface area contributed by atoms with Gasteiger partial charge in [-0.1, -0.05) is 35.6 Å². The Morgan fingerprint density at radius 3 is 2.70 bits per heavy atom. The zero-order valence-electron chi connectivity index (χ0n) is 11.7. The second-order valence-corrected chi connectivity index (χ2v) is 5.96. The summed E-state index contributed by atoms with van der Waals surface area (Å²) >= 11 is 1.23. The summed E-state index contributed by atoms with van der Waals surface area (Å²) in [5.74, 6) is 0. The standard InChI is InChI=1S/C16H9N3O3S/c20-15-14(9-10-5-1-3-7-12(10)19(21)22)23-16-17-11-6-2-4-8-13(11)18(15)16/h1-9H/b14-9+. The zero-order valence-corrected chi connectivity index (χ0v) is 12.5. The number of nitro benzene ring substituents is 1. The average molecular weight is 323 g/mol. The summed E-state index contributed by atoms with van der Waals surface area (Å²) < 4.78 is 1.97. The normalized spacial score (nSPS) is 12.3. The number of fused-ring (bicyclic) bond motifs is 3. The lowest BCUT2D eigenvalue weighted by atomic mass is 10.2. The molecule has 0 saturated heterocycles. The van der Waals surface area contributed by atoms with Crippen molar-refractivity contribution in [3.63, 3.8) is 0 Å². The Morgan fingerprint density at radius 2 is 1.87 bits per heavy atom. The van der Waals surface area contributed by atoms with Crippen molar-refractivity contribution in [3.8, 4) is 0 Å². The van der Waals surface area contributed by atoms with Gasteiger partial charge >= 0.3 is 0 Å². The van der Waals surface area contributed by atoms with Crippen LogP contribution in [-0.2, 0) is 0 Å². The Kier molecular flexibility index (Phi) is 2.95. The molecule has 0 bridgehead atoms. The van der Waals surface area contributed by atoms with Crippen molar-refractivity contribution in [2.45, 2.75) is 0 Å². The highest BCUT2D eigenvalue weighted by molar-refractivity contribution is 7.15. The molecule has 0 aliphatic heterocycles. The second-order valence-electron chi connectivity index (χ2n) is 4.95. The van der Waals surface area contributed by atoms with E-state index in [4.69, 9.17) is 0 Å². The Balaban J connectivity index is 2.02. The van der Waals surface area contributed by atoms with Crippen molar-refractivity contribution in [2.75, 3.05) is 0 Å². The maximum absolute atomic E-state index is 12.6.